The van der Waals surface area contributed by atoms with Crippen molar-refractivity contribution >= 4 is 11.9 Å². The molecule has 1 fully saturated rings. The Morgan fingerprint density at radius 2 is 1.76 bits per heavy atom. The van der Waals surface area contributed by atoms with Crippen LogP contribution in [0, 0.1) is 31.1 Å². The van der Waals surface area contributed by atoms with Gasteiger partial charge in [-0.25, -0.2) is 0 Å². The second-order valence-electron chi connectivity index (χ2n) is 9.85. The fourth-order valence-electron chi connectivity index (χ4n) is 5.15. The van der Waals surface area contributed by atoms with Crippen LogP contribution in [0.25, 0.3) is 11.1 Å². The number of hydrogen-bond acceptors (Lipinski definition) is 5. The fraction of sp³-hybridized carbons (Fsp3) is 0.344. The first-order valence-corrected chi connectivity index (χ1v) is 13.1. The van der Waals surface area contributed by atoms with E-state index >= 15 is 0 Å². The third-order valence-electron chi connectivity index (χ3n) is 7.47. The van der Waals surface area contributed by atoms with Crippen LogP contribution < -0.4 is 4.74 Å². The predicted molar refractivity (Wildman–Crippen MR) is 147 cm³/mol. The van der Waals surface area contributed by atoms with Crippen LogP contribution in [0.3, 0.4) is 0 Å². The molecule has 38 heavy (non-hydrogen) atoms. The molecule has 3 aromatic carbocycles. The summed E-state index contributed by atoms with van der Waals surface area (Å²) in [5.41, 5.74) is 6.17. The Hall–Kier alpha value is -4.11. The number of hydrogen-bond donors (Lipinski definition) is 0. The Balaban J connectivity index is 1.46. The lowest BCUT2D eigenvalue weighted by Crippen LogP contribution is -2.38. The maximum absolute atomic E-state index is 13.2. The molecule has 0 saturated carbocycles. The zero-order valence-electron chi connectivity index (χ0n) is 22.3. The van der Waals surface area contributed by atoms with Gasteiger partial charge in [0.15, 0.2) is 0 Å². The second-order valence-corrected chi connectivity index (χ2v) is 9.85. The van der Waals surface area contributed by atoms with Gasteiger partial charge in [0.25, 0.3) is 0 Å². The van der Waals surface area contributed by atoms with Crippen LogP contribution in [-0.2, 0) is 20.7 Å². The lowest BCUT2D eigenvalue weighted by atomic mass is 9.96. The maximum atomic E-state index is 13.2. The summed E-state index contributed by atoms with van der Waals surface area (Å²) in [4.78, 5) is 27.1. The summed E-state index contributed by atoms with van der Waals surface area (Å²) in [5.74, 6) is 0.0440. The quantitative estimate of drug-likeness (QED) is 0.330. The highest BCUT2D eigenvalue weighted by atomic mass is 16.5. The average Bonchev–Trinajstić information content (AvgIpc) is 3.23. The zero-order valence-corrected chi connectivity index (χ0v) is 22.3. The van der Waals surface area contributed by atoms with E-state index in [2.05, 4.69) is 25.1 Å². The Bertz CT molecular complexity index is 1310. The molecule has 0 radical (unpaired) electrons. The molecule has 1 heterocycles. The minimum Gasteiger partial charge on any atom is -0.491 e. The Kier molecular flexibility index (Phi) is 8.81. The van der Waals surface area contributed by atoms with Crippen LogP contribution in [0.2, 0.25) is 0 Å². The van der Waals surface area contributed by atoms with Crippen LogP contribution in [0.15, 0.2) is 66.7 Å². The molecule has 1 aliphatic heterocycles. The van der Waals surface area contributed by atoms with Crippen molar-refractivity contribution in [3.05, 3.63) is 89.0 Å². The van der Waals surface area contributed by atoms with Crippen molar-refractivity contribution in [1.29, 1.82) is 5.26 Å². The number of esters is 1. The topological polar surface area (TPSA) is 79.6 Å². The van der Waals surface area contributed by atoms with E-state index < -0.39 is 0 Å². The standard InChI is InChI=1S/C32H34N2O4/c1-22-23(2)30(16-15-29(22)26-13-11-25(20-33)12-14-26)38-21-28-18-27(19-31(35)37-3)32(36)34(28)17-7-10-24-8-5-4-6-9-24/h4-6,8-9,11-16,27-28H,7,10,17-19,21H2,1-3H3/t27-,28-/m0/s1. The molecule has 0 aromatic heterocycles. The van der Waals surface area contributed by atoms with E-state index in [9.17, 15) is 9.59 Å². The van der Waals surface area contributed by atoms with Gasteiger partial charge in [-0.05, 0) is 79.1 Å². The van der Waals surface area contributed by atoms with Gasteiger partial charge in [-0.3, -0.25) is 9.59 Å². The first-order chi connectivity index (χ1) is 18.4. The summed E-state index contributed by atoms with van der Waals surface area (Å²) in [6.45, 7) is 5.09. The maximum Gasteiger partial charge on any atom is 0.306 e. The minimum absolute atomic E-state index is 0.00104. The van der Waals surface area contributed by atoms with Crippen LogP contribution in [0.1, 0.15) is 41.5 Å². The first-order valence-electron chi connectivity index (χ1n) is 13.1. The number of rotatable bonds is 10. The molecule has 4 rings (SSSR count). The molecule has 1 saturated heterocycles. The SMILES string of the molecule is COC(=O)C[C@@H]1C[C@@H](COc2ccc(-c3ccc(C#N)cc3)c(C)c2C)N(CCCc2ccccc2)C1=O. The van der Waals surface area contributed by atoms with E-state index in [4.69, 9.17) is 14.7 Å². The molecule has 2 atom stereocenters. The molecular weight excluding hydrogens is 476 g/mol. The Labute approximate surface area is 224 Å². The molecule has 6 heteroatoms. The van der Waals surface area contributed by atoms with Gasteiger partial charge < -0.3 is 14.4 Å². The number of aryl methyl sites for hydroxylation is 1. The highest BCUT2D eigenvalue weighted by molar-refractivity contribution is 5.86. The van der Waals surface area contributed by atoms with E-state index in [1.807, 2.05) is 66.4 Å². The van der Waals surface area contributed by atoms with E-state index in [1.165, 1.54) is 12.7 Å². The summed E-state index contributed by atoms with van der Waals surface area (Å²) in [6, 6.07) is 23.9. The molecule has 1 amide bonds. The smallest absolute Gasteiger partial charge is 0.306 e. The summed E-state index contributed by atoms with van der Waals surface area (Å²) >= 11 is 0. The van der Waals surface area contributed by atoms with Crippen molar-refractivity contribution < 1.29 is 19.1 Å². The number of benzene rings is 3. The summed E-state index contributed by atoms with van der Waals surface area (Å²) < 4.78 is 11.1. The van der Waals surface area contributed by atoms with Crippen LogP contribution in [0.5, 0.6) is 5.75 Å². The average molecular weight is 511 g/mol. The van der Waals surface area contributed by atoms with Crippen molar-refractivity contribution in [3.63, 3.8) is 0 Å². The molecule has 3 aromatic rings. The lowest BCUT2D eigenvalue weighted by molar-refractivity contribution is -0.144. The highest BCUT2D eigenvalue weighted by Crippen LogP contribution is 2.33. The number of methoxy groups -OCH3 is 1. The molecule has 0 bridgehead atoms. The van der Waals surface area contributed by atoms with Gasteiger partial charge in [-0.15, -0.1) is 0 Å². The van der Waals surface area contributed by atoms with Gasteiger partial charge in [0.05, 0.1) is 37.1 Å². The van der Waals surface area contributed by atoms with Crippen LogP contribution in [0.4, 0.5) is 0 Å². The van der Waals surface area contributed by atoms with Crippen LogP contribution in [-0.4, -0.2) is 43.1 Å². The monoisotopic (exact) mass is 510 g/mol. The highest BCUT2D eigenvalue weighted by Gasteiger charge is 2.40. The second kappa shape index (κ2) is 12.4. The Morgan fingerprint density at radius 1 is 1.03 bits per heavy atom. The van der Waals surface area contributed by atoms with Crippen molar-refractivity contribution in [2.24, 2.45) is 5.92 Å². The van der Waals surface area contributed by atoms with Gasteiger partial charge in [-0.2, -0.15) is 5.26 Å². The number of ether oxygens (including phenoxy) is 2. The van der Waals surface area contributed by atoms with Crippen molar-refractivity contribution in [3.8, 4) is 22.9 Å². The van der Waals surface area contributed by atoms with Gasteiger partial charge in [0.1, 0.15) is 12.4 Å². The molecule has 6 nitrogen and oxygen atoms in total. The van der Waals surface area contributed by atoms with Crippen molar-refractivity contribution in [2.75, 3.05) is 20.3 Å². The number of carbonyl (C=O) groups excluding carboxylic acids is 2. The molecule has 1 aliphatic rings. The molecule has 0 unspecified atom stereocenters. The van der Waals surface area contributed by atoms with Gasteiger partial charge in [-0.1, -0.05) is 48.5 Å². The number of nitrogens with zero attached hydrogens (tertiary/aromatic N) is 2. The molecular formula is C32H34N2O4. The zero-order chi connectivity index (χ0) is 27.1. The molecule has 0 spiro atoms. The predicted octanol–water partition coefficient (Wildman–Crippen LogP) is 5.63. The minimum atomic E-state index is -0.380. The molecule has 0 aliphatic carbocycles. The summed E-state index contributed by atoms with van der Waals surface area (Å²) in [7, 11) is 1.35. The number of amides is 1. The number of carbonyl (C=O) groups is 2. The van der Waals surface area contributed by atoms with Gasteiger partial charge in [0, 0.05) is 6.54 Å². The summed E-state index contributed by atoms with van der Waals surface area (Å²) in [5, 5.41) is 9.08. The Morgan fingerprint density at radius 3 is 2.45 bits per heavy atom. The van der Waals surface area contributed by atoms with E-state index in [0.717, 1.165) is 40.8 Å². The third-order valence-corrected chi connectivity index (χ3v) is 7.47. The largest absolute Gasteiger partial charge is 0.491 e. The summed E-state index contributed by atoms with van der Waals surface area (Å²) in [6.07, 6.45) is 2.39. The fourth-order valence-corrected chi connectivity index (χ4v) is 5.15. The van der Waals surface area contributed by atoms with E-state index in [-0.39, 0.29) is 30.3 Å². The van der Waals surface area contributed by atoms with Crippen LogP contribution >= 0.6 is 0 Å². The van der Waals surface area contributed by atoms with Crippen molar-refractivity contribution in [1.82, 2.24) is 4.90 Å². The molecule has 196 valence electrons. The normalized spacial score (nSPS) is 16.8. The van der Waals surface area contributed by atoms with E-state index in [1.54, 1.807) is 0 Å². The number of nitriles is 1. The van der Waals surface area contributed by atoms with Crippen molar-refractivity contribution in [2.45, 2.75) is 45.6 Å². The van der Waals surface area contributed by atoms with Gasteiger partial charge >= 0.3 is 5.97 Å². The van der Waals surface area contributed by atoms with E-state index in [0.29, 0.717) is 25.1 Å². The molecule has 0 N–H and O–H groups in total. The lowest BCUT2D eigenvalue weighted by Gasteiger charge is -2.25. The third kappa shape index (κ3) is 6.23. The first kappa shape index (κ1) is 26.9. The van der Waals surface area contributed by atoms with Gasteiger partial charge in [0.2, 0.25) is 5.91 Å². The number of likely N-dealkylation sites (tertiary alicyclic amines) is 1.